The normalized spacial score (nSPS) is 18.4. The zero-order chi connectivity index (χ0) is 39.0. The van der Waals surface area contributed by atoms with Crippen LogP contribution in [-0.4, -0.2) is 89.5 Å². The van der Waals surface area contributed by atoms with E-state index < -0.39 is 12.2 Å². The van der Waals surface area contributed by atoms with E-state index in [9.17, 15) is 24.6 Å². The number of para-hydroxylation sites is 1. The minimum absolute atomic E-state index is 0.0441. The average Bonchev–Trinajstić information content (AvgIpc) is 3.75. The zero-order valence-corrected chi connectivity index (χ0v) is 31.5. The van der Waals surface area contributed by atoms with E-state index in [4.69, 9.17) is 9.47 Å². The number of aromatic hydroxyl groups is 1. The summed E-state index contributed by atoms with van der Waals surface area (Å²) in [5, 5.41) is 27.6. The molecule has 2 aliphatic rings. The molecule has 2 heterocycles. The van der Waals surface area contributed by atoms with E-state index >= 15 is 0 Å². The summed E-state index contributed by atoms with van der Waals surface area (Å²) in [5.74, 6) is 1.60. The largest absolute Gasteiger partial charge is 0.506 e. The van der Waals surface area contributed by atoms with Gasteiger partial charge in [0.05, 0.1) is 30.3 Å². The molecule has 5 N–H and O–H groups in total. The molecule has 5 aromatic rings. The van der Waals surface area contributed by atoms with Crippen molar-refractivity contribution in [3.05, 3.63) is 125 Å². The van der Waals surface area contributed by atoms with Crippen molar-refractivity contribution in [3.63, 3.8) is 0 Å². The minimum Gasteiger partial charge on any atom is -0.506 e. The average molecular weight is 760 g/mol. The summed E-state index contributed by atoms with van der Waals surface area (Å²) in [4.78, 5) is 44.1. The maximum atomic E-state index is 12.9. The number of hydrogen-bond donors (Lipinski definition) is 5. The molecular formula is C44H49N5O7. The summed E-state index contributed by atoms with van der Waals surface area (Å²) >= 11 is 0. The fourth-order valence-corrected chi connectivity index (χ4v) is 8.03. The number of amides is 2. The van der Waals surface area contributed by atoms with Crippen LogP contribution in [0.2, 0.25) is 0 Å². The summed E-state index contributed by atoms with van der Waals surface area (Å²) in [6, 6.07) is 31.8. The third-order valence-electron chi connectivity index (χ3n) is 10.8. The molecule has 1 unspecified atom stereocenters. The van der Waals surface area contributed by atoms with Gasteiger partial charge in [-0.2, -0.15) is 0 Å². The lowest BCUT2D eigenvalue weighted by Gasteiger charge is -2.20. The number of aliphatic hydroxyl groups is 1. The van der Waals surface area contributed by atoms with Gasteiger partial charge in [0, 0.05) is 63.3 Å². The molecule has 1 aromatic heterocycles. The standard InChI is InChI=1S/C44H49N5O7/c1-48(20-19-45-25-40(51)36-14-16-39(50)43-37(36)15-17-41(52)47-43)42(53)18-21-55-33-11-7-8-29(22-33)26-49-27-31-23-34(24-32(31)28-49)56-44(54)46-38-13-6-5-12-35(38)30-9-3-2-4-10-30/h2-17,22,31-32,34,40,45,50-51H,18-21,23-28H2,1H3,(H,46,54)(H,47,52)/t31-,32?,34+,40+/m1/s1. The Balaban J connectivity index is 0.793. The van der Waals surface area contributed by atoms with E-state index in [-0.39, 0.29) is 48.4 Å². The van der Waals surface area contributed by atoms with Crippen LogP contribution in [0.25, 0.3) is 22.0 Å². The maximum absolute atomic E-state index is 12.9. The molecule has 2 fully saturated rings. The lowest BCUT2D eigenvalue weighted by molar-refractivity contribution is -0.130. The number of aromatic amines is 1. The number of aliphatic hydroxyl groups excluding tert-OH is 1. The Morgan fingerprint density at radius 1 is 0.946 bits per heavy atom. The van der Waals surface area contributed by atoms with Crippen LogP contribution in [0.1, 0.15) is 36.5 Å². The van der Waals surface area contributed by atoms with Crippen molar-refractivity contribution < 1.29 is 29.3 Å². The number of carbonyl (C=O) groups is 2. The van der Waals surface area contributed by atoms with Gasteiger partial charge in [-0.15, -0.1) is 0 Å². The second-order valence-corrected chi connectivity index (χ2v) is 14.8. The molecule has 56 heavy (non-hydrogen) atoms. The van der Waals surface area contributed by atoms with E-state index in [0.29, 0.717) is 35.9 Å². The number of likely N-dealkylation sites (tertiary alicyclic amines) is 1. The van der Waals surface area contributed by atoms with Crippen LogP contribution in [-0.2, 0) is 16.1 Å². The van der Waals surface area contributed by atoms with Gasteiger partial charge in [-0.25, -0.2) is 4.79 Å². The quantitative estimate of drug-likeness (QED) is 0.0820. The first-order chi connectivity index (χ1) is 27.2. The molecular weight excluding hydrogens is 711 g/mol. The SMILES string of the molecule is CN(CCNC[C@H](O)c1ccc(O)c2[nH]c(=O)ccc12)C(=O)CCOc1cccc(CN2CC3C[C@@H](OC(=O)Nc4ccccc4-c4ccccc4)C[C@@H]3C2)c1. The van der Waals surface area contributed by atoms with Crippen molar-refractivity contribution in [1.29, 1.82) is 0 Å². The van der Waals surface area contributed by atoms with Gasteiger partial charge in [0.25, 0.3) is 0 Å². The van der Waals surface area contributed by atoms with E-state index in [1.807, 2.05) is 72.8 Å². The first-order valence-electron chi connectivity index (χ1n) is 19.2. The third kappa shape index (κ3) is 9.57. The van der Waals surface area contributed by atoms with Crippen LogP contribution in [0.4, 0.5) is 10.5 Å². The van der Waals surface area contributed by atoms with E-state index in [1.54, 1.807) is 24.1 Å². The fourth-order valence-electron chi connectivity index (χ4n) is 8.03. The molecule has 2 amide bonds. The number of benzene rings is 4. The number of pyridine rings is 1. The van der Waals surface area contributed by atoms with Crippen molar-refractivity contribution in [2.24, 2.45) is 11.8 Å². The van der Waals surface area contributed by atoms with Gasteiger partial charge in [0.15, 0.2) is 0 Å². The van der Waals surface area contributed by atoms with E-state index in [2.05, 4.69) is 26.6 Å². The van der Waals surface area contributed by atoms with Crippen LogP contribution in [0.15, 0.2) is 108 Å². The Hall–Kier alpha value is -5.69. The Morgan fingerprint density at radius 2 is 1.71 bits per heavy atom. The molecule has 4 aromatic carbocycles. The number of phenolic OH excluding ortho intramolecular Hbond substituents is 1. The second kappa shape index (κ2) is 17.8. The molecule has 4 atom stereocenters. The number of likely N-dealkylation sites (N-methyl/N-ethyl adjacent to an activating group) is 1. The summed E-state index contributed by atoms with van der Waals surface area (Å²) in [6.07, 6.45) is 0.580. The Morgan fingerprint density at radius 3 is 2.52 bits per heavy atom. The van der Waals surface area contributed by atoms with Crippen LogP contribution >= 0.6 is 0 Å². The highest BCUT2D eigenvalue weighted by molar-refractivity contribution is 5.91. The van der Waals surface area contributed by atoms with Crippen molar-refractivity contribution in [1.82, 2.24) is 20.1 Å². The lowest BCUT2D eigenvalue weighted by atomic mass is 10.0. The molecule has 1 saturated carbocycles. The van der Waals surface area contributed by atoms with Crippen LogP contribution in [0, 0.1) is 11.8 Å². The molecule has 1 aliphatic heterocycles. The Labute approximate surface area is 326 Å². The molecule has 292 valence electrons. The first kappa shape index (κ1) is 38.6. The predicted octanol–water partition coefficient (Wildman–Crippen LogP) is 5.91. The number of aromatic nitrogens is 1. The number of rotatable bonds is 15. The number of nitrogens with one attached hydrogen (secondary N) is 3. The zero-order valence-electron chi connectivity index (χ0n) is 31.5. The highest BCUT2D eigenvalue weighted by atomic mass is 16.6. The molecule has 7 rings (SSSR count). The number of hydrogen-bond acceptors (Lipinski definition) is 9. The molecule has 0 radical (unpaired) electrons. The first-order valence-corrected chi connectivity index (χ1v) is 19.2. The number of phenols is 1. The fraction of sp³-hybridized carbons (Fsp3) is 0.341. The van der Waals surface area contributed by atoms with Crippen LogP contribution in [0.3, 0.4) is 0 Å². The van der Waals surface area contributed by atoms with Crippen molar-refractivity contribution in [2.75, 3.05) is 51.7 Å². The topological polar surface area (TPSA) is 156 Å². The Bertz CT molecular complexity index is 2180. The van der Waals surface area contributed by atoms with Gasteiger partial charge in [0.1, 0.15) is 17.6 Å². The van der Waals surface area contributed by atoms with E-state index in [1.165, 1.54) is 12.1 Å². The minimum atomic E-state index is -0.874. The number of carbonyl (C=O) groups excluding carboxylic acids is 2. The Kier molecular flexibility index (Phi) is 12.3. The number of H-pyrrole nitrogens is 1. The third-order valence-corrected chi connectivity index (χ3v) is 10.8. The molecule has 0 spiro atoms. The summed E-state index contributed by atoms with van der Waals surface area (Å²) < 4.78 is 11.9. The number of fused-ring (bicyclic) bond motifs is 2. The second-order valence-electron chi connectivity index (χ2n) is 14.8. The van der Waals surface area contributed by atoms with Gasteiger partial charge < -0.3 is 34.9 Å². The number of nitrogens with zero attached hydrogens (tertiary/aromatic N) is 2. The summed E-state index contributed by atoms with van der Waals surface area (Å²) in [5.41, 5.74) is 4.41. The van der Waals surface area contributed by atoms with Gasteiger partial charge in [0.2, 0.25) is 11.5 Å². The van der Waals surface area contributed by atoms with Gasteiger partial charge >= 0.3 is 6.09 Å². The number of anilines is 1. The monoisotopic (exact) mass is 759 g/mol. The number of ether oxygens (including phenoxy) is 2. The van der Waals surface area contributed by atoms with Crippen molar-refractivity contribution in [3.8, 4) is 22.6 Å². The van der Waals surface area contributed by atoms with Gasteiger partial charge in [-0.1, -0.05) is 66.7 Å². The molecule has 12 heteroatoms. The lowest BCUT2D eigenvalue weighted by Crippen LogP contribution is -2.35. The molecule has 1 aliphatic carbocycles. The van der Waals surface area contributed by atoms with Gasteiger partial charge in [-0.3, -0.25) is 19.8 Å². The van der Waals surface area contributed by atoms with Gasteiger partial charge in [-0.05, 0) is 71.7 Å². The van der Waals surface area contributed by atoms with Crippen molar-refractivity contribution >= 4 is 28.6 Å². The highest BCUT2D eigenvalue weighted by Crippen LogP contribution is 2.40. The predicted molar refractivity (Wildman–Crippen MR) is 216 cm³/mol. The molecule has 12 nitrogen and oxygen atoms in total. The molecule has 1 saturated heterocycles. The van der Waals surface area contributed by atoms with Crippen LogP contribution < -0.4 is 20.9 Å². The summed E-state index contributed by atoms with van der Waals surface area (Å²) in [6.45, 7) is 4.13. The van der Waals surface area contributed by atoms with Crippen molar-refractivity contribution in [2.45, 2.75) is 38.0 Å². The highest BCUT2D eigenvalue weighted by Gasteiger charge is 2.42. The molecule has 0 bridgehead atoms. The smallest absolute Gasteiger partial charge is 0.411 e. The maximum Gasteiger partial charge on any atom is 0.411 e. The van der Waals surface area contributed by atoms with Crippen LogP contribution in [0.5, 0.6) is 11.5 Å². The van der Waals surface area contributed by atoms with E-state index in [0.717, 1.165) is 60.6 Å². The summed E-state index contributed by atoms with van der Waals surface area (Å²) in [7, 11) is 1.74.